The van der Waals surface area contributed by atoms with Crippen LogP contribution in [0.4, 0.5) is 0 Å². The van der Waals surface area contributed by atoms with Gasteiger partial charge in [0.25, 0.3) is 0 Å². The number of ether oxygens (including phenoxy) is 5. The van der Waals surface area contributed by atoms with Crippen molar-refractivity contribution >= 4 is 37.5 Å². The predicted octanol–water partition coefficient (Wildman–Crippen LogP) is 4.26. The van der Waals surface area contributed by atoms with Gasteiger partial charge in [0.05, 0.1) is 34.5 Å². The van der Waals surface area contributed by atoms with Gasteiger partial charge in [-0.3, -0.25) is 4.99 Å². The number of fused-ring (bicyclic) bond motifs is 1. The van der Waals surface area contributed by atoms with Gasteiger partial charge in [0.2, 0.25) is 0 Å². The monoisotopic (exact) mass is 534 g/mol. The van der Waals surface area contributed by atoms with Crippen molar-refractivity contribution < 1.29 is 32.1 Å². The fraction of sp³-hybridized carbons (Fsp3) is 0.400. The fourth-order valence-corrected chi connectivity index (χ4v) is 5.69. The summed E-state index contributed by atoms with van der Waals surface area (Å²) in [6.45, 7) is 2.94. The molecule has 1 N–H and O–H groups in total. The van der Waals surface area contributed by atoms with Crippen molar-refractivity contribution in [3.05, 3.63) is 48.2 Å². The normalized spacial score (nSPS) is 16.9. The van der Waals surface area contributed by atoms with Crippen LogP contribution in [0.15, 0.2) is 52.4 Å². The van der Waals surface area contributed by atoms with E-state index in [0.717, 1.165) is 21.6 Å². The molecule has 9 nitrogen and oxygen atoms in total. The van der Waals surface area contributed by atoms with Crippen molar-refractivity contribution in [1.29, 1.82) is 0 Å². The van der Waals surface area contributed by atoms with E-state index in [9.17, 15) is 8.42 Å². The number of hydrogen-bond donors (Lipinski definition) is 1. The van der Waals surface area contributed by atoms with E-state index in [4.69, 9.17) is 23.7 Å². The summed E-state index contributed by atoms with van der Waals surface area (Å²) in [5.74, 6) is 1.67. The van der Waals surface area contributed by atoms with Crippen LogP contribution in [0, 0.1) is 0 Å². The van der Waals surface area contributed by atoms with Crippen molar-refractivity contribution in [2.45, 2.75) is 29.5 Å². The highest BCUT2D eigenvalue weighted by atomic mass is 32.2. The molecule has 194 valence electrons. The molecule has 4 rings (SSSR count). The maximum Gasteiger partial charge on any atom is 0.175 e. The molecule has 2 aromatic carbocycles. The summed E-state index contributed by atoms with van der Waals surface area (Å²) in [6, 6.07) is 12.0. The molecule has 36 heavy (non-hydrogen) atoms. The molecule has 3 aromatic rings. The standard InChI is InChI=1S/C25H30N2O7S2/c1-15(14-30-2)33-21-12-18(34-17-6-8-19(9-7-17)36(5,28)29)10-16-11-20(27-23(16)21)24-26-13-22(35-24)25(31-3)32-4/h6-12,15,22,25,27H,13-14H2,1-5H3. The number of rotatable bonds is 11. The number of nitrogens with zero attached hydrogens (tertiary/aromatic N) is 1. The molecular formula is C25H30N2O7S2. The Kier molecular flexibility index (Phi) is 8.26. The van der Waals surface area contributed by atoms with E-state index in [1.165, 1.54) is 18.4 Å². The van der Waals surface area contributed by atoms with Crippen molar-refractivity contribution in [3.8, 4) is 17.2 Å². The molecule has 0 saturated heterocycles. The van der Waals surface area contributed by atoms with Crippen LogP contribution in [-0.2, 0) is 24.0 Å². The smallest absolute Gasteiger partial charge is 0.175 e. The summed E-state index contributed by atoms with van der Waals surface area (Å²) < 4.78 is 51.8. The number of methoxy groups -OCH3 is 3. The van der Waals surface area contributed by atoms with Gasteiger partial charge in [-0.15, -0.1) is 0 Å². The molecule has 1 aliphatic rings. The molecule has 0 saturated carbocycles. The predicted molar refractivity (Wildman–Crippen MR) is 140 cm³/mol. The summed E-state index contributed by atoms with van der Waals surface area (Å²) in [4.78, 5) is 8.36. The Labute approximate surface area is 215 Å². The molecule has 1 aliphatic heterocycles. The van der Waals surface area contributed by atoms with Gasteiger partial charge in [0.1, 0.15) is 28.4 Å². The molecule has 0 bridgehead atoms. The van der Waals surface area contributed by atoms with E-state index in [2.05, 4.69) is 9.98 Å². The molecule has 11 heteroatoms. The second-order valence-electron chi connectivity index (χ2n) is 8.44. The molecule has 0 spiro atoms. The zero-order valence-electron chi connectivity index (χ0n) is 20.8. The van der Waals surface area contributed by atoms with Gasteiger partial charge < -0.3 is 28.7 Å². The zero-order valence-corrected chi connectivity index (χ0v) is 22.4. The molecular weight excluding hydrogens is 504 g/mol. The third-order valence-corrected chi connectivity index (χ3v) is 7.93. The minimum Gasteiger partial charge on any atom is -0.486 e. The third kappa shape index (κ3) is 6.04. The first-order valence-electron chi connectivity index (χ1n) is 11.3. The number of aromatic amines is 1. The number of nitrogens with one attached hydrogen (secondary N) is 1. The minimum atomic E-state index is -3.29. The van der Waals surface area contributed by atoms with Crippen molar-refractivity contribution in [1.82, 2.24) is 4.98 Å². The lowest BCUT2D eigenvalue weighted by molar-refractivity contribution is -0.0994. The van der Waals surface area contributed by atoms with E-state index in [1.807, 2.05) is 19.1 Å². The summed E-state index contributed by atoms with van der Waals surface area (Å²) in [5.41, 5.74) is 1.68. The van der Waals surface area contributed by atoms with Crippen LogP contribution in [0.3, 0.4) is 0 Å². The van der Waals surface area contributed by atoms with E-state index < -0.39 is 9.84 Å². The maximum atomic E-state index is 11.8. The lowest BCUT2D eigenvalue weighted by Crippen LogP contribution is -2.28. The number of benzene rings is 2. The van der Waals surface area contributed by atoms with E-state index >= 15 is 0 Å². The van der Waals surface area contributed by atoms with E-state index in [-0.39, 0.29) is 22.5 Å². The fourth-order valence-electron chi connectivity index (χ4n) is 3.91. The van der Waals surface area contributed by atoms with Crippen molar-refractivity contribution in [3.63, 3.8) is 0 Å². The van der Waals surface area contributed by atoms with Gasteiger partial charge in [0.15, 0.2) is 16.1 Å². The molecule has 2 heterocycles. The molecule has 0 radical (unpaired) electrons. The highest BCUT2D eigenvalue weighted by Crippen LogP contribution is 2.37. The van der Waals surface area contributed by atoms with Gasteiger partial charge in [0, 0.05) is 39.0 Å². The first-order valence-corrected chi connectivity index (χ1v) is 14.1. The Morgan fingerprint density at radius 1 is 1.08 bits per heavy atom. The first kappa shape index (κ1) is 26.5. The van der Waals surface area contributed by atoms with Crippen LogP contribution >= 0.6 is 11.8 Å². The molecule has 1 aromatic heterocycles. The van der Waals surface area contributed by atoms with Crippen LogP contribution in [0.25, 0.3) is 10.9 Å². The van der Waals surface area contributed by atoms with Gasteiger partial charge >= 0.3 is 0 Å². The lowest BCUT2D eigenvalue weighted by atomic mass is 10.2. The van der Waals surface area contributed by atoms with Gasteiger partial charge in [-0.05, 0) is 43.3 Å². The molecule has 0 fully saturated rings. The Morgan fingerprint density at radius 3 is 2.44 bits per heavy atom. The van der Waals surface area contributed by atoms with Crippen molar-refractivity contribution in [2.75, 3.05) is 40.7 Å². The Hall–Kier alpha value is -2.57. The number of H-pyrrole nitrogens is 1. The Bertz CT molecular complexity index is 1330. The van der Waals surface area contributed by atoms with E-state index in [1.54, 1.807) is 51.3 Å². The average Bonchev–Trinajstić information content (AvgIpc) is 3.48. The van der Waals surface area contributed by atoms with Crippen LogP contribution in [-0.4, -0.2) is 76.8 Å². The maximum absolute atomic E-state index is 11.8. The van der Waals surface area contributed by atoms with Crippen LogP contribution < -0.4 is 9.47 Å². The first-order chi connectivity index (χ1) is 17.2. The SMILES string of the molecule is COCC(C)Oc1cc(Oc2ccc(S(C)(=O)=O)cc2)cc2cc(C3=NCC(C(OC)OC)S3)[nH]c12. The second-order valence-corrected chi connectivity index (χ2v) is 11.7. The number of hydrogen-bond acceptors (Lipinski definition) is 9. The van der Waals surface area contributed by atoms with Gasteiger partial charge in [-0.2, -0.15) is 0 Å². The summed E-state index contributed by atoms with van der Waals surface area (Å²) in [6.07, 6.45) is 0.634. The zero-order chi connectivity index (χ0) is 25.9. The van der Waals surface area contributed by atoms with Crippen LogP contribution in [0.2, 0.25) is 0 Å². The summed E-state index contributed by atoms with van der Waals surface area (Å²) in [7, 11) is 1.58. The molecule has 0 amide bonds. The third-order valence-electron chi connectivity index (χ3n) is 5.56. The van der Waals surface area contributed by atoms with Crippen molar-refractivity contribution in [2.24, 2.45) is 4.99 Å². The highest BCUT2D eigenvalue weighted by Gasteiger charge is 2.29. The minimum absolute atomic E-state index is 0.0626. The molecule has 0 aliphatic carbocycles. The second kappa shape index (κ2) is 11.2. The Balaban J connectivity index is 1.65. The summed E-state index contributed by atoms with van der Waals surface area (Å²) >= 11 is 1.60. The Morgan fingerprint density at radius 2 is 1.81 bits per heavy atom. The number of aromatic nitrogens is 1. The lowest BCUT2D eigenvalue weighted by Gasteiger charge is -2.18. The van der Waals surface area contributed by atoms with Gasteiger partial charge in [-0.25, -0.2) is 8.42 Å². The number of sulfone groups is 1. The van der Waals surface area contributed by atoms with Gasteiger partial charge in [-0.1, -0.05) is 11.8 Å². The topological polar surface area (TPSA) is 108 Å². The molecule has 2 unspecified atom stereocenters. The number of thioether (sulfide) groups is 1. The molecule has 2 atom stereocenters. The van der Waals surface area contributed by atoms with Crippen LogP contribution in [0.1, 0.15) is 12.6 Å². The van der Waals surface area contributed by atoms with Crippen LogP contribution in [0.5, 0.6) is 17.2 Å². The van der Waals surface area contributed by atoms with E-state index in [0.29, 0.717) is 30.4 Å². The largest absolute Gasteiger partial charge is 0.486 e. The summed E-state index contributed by atoms with van der Waals surface area (Å²) in [5, 5.41) is 1.81. The quantitative estimate of drug-likeness (QED) is 0.364. The average molecular weight is 535 g/mol. The number of aliphatic imine (C=N–C) groups is 1. The highest BCUT2D eigenvalue weighted by molar-refractivity contribution is 8.15.